The molecular formula is C13H14N4OS. The second-order valence-corrected chi connectivity index (χ2v) is 4.61. The summed E-state index contributed by atoms with van der Waals surface area (Å²) < 4.78 is 1.60. The van der Waals surface area contributed by atoms with Crippen molar-refractivity contribution in [3.05, 3.63) is 47.3 Å². The molecule has 0 spiro atoms. The highest BCUT2D eigenvalue weighted by Gasteiger charge is 2.14. The second-order valence-electron chi connectivity index (χ2n) is 4.17. The van der Waals surface area contributed by atoms with Crippen molar-refractivity contribution >= 4 is 28.8 Å². The van der Waals surface area contributed by atoms with Crippen LogP contribution in [0.2, 0.25) is 0 Å². The number of aromatic nitrogens is 2. The molecule has 98 valence electrons. The van der Waals surface area contributed by atoms with E-state index in [-0.39, 0.29) is 10.9 Å². The van der Waals surface area contributed by atoms with Crippen LogP contribution in [-0.4, -0.2) is 20.7 Å². The average molecular weight is 274 g/mol. The quantitative estimate of drug-likeness (QED) is 0.834. The summed E-state index contributed by atoms with van der Waals surface area (Å²) in [6.45, 7) is 1.79. The molecule has 0 aliphatic rings. The van der Waals surface area contributed by atoms with Gasteiger partial charge in [0, 0.05) is 18.8 Å². The van der Waals surface area contributed by atoms with Crippen LogP contribution in [0.1, 0.15) is 21.6 Å². The van der Waals surface area contributed by atoms with Crippen LogP contribution in [-0.2, 0) is 7.05 Å². The third-order valence-electron chi connectivity index (χ3n) is 2.70. The summed E-state index contributed by atoms with van der Waals surface area (Å²) >= 11 is 4.96. The van der Waals surface area contributed by atoms with Crippen LogP contribution in [0.25, 0.3) is 0 Å². The molecule has 1 amide bonds. The lowest BCUT2D eigenvalue weighted by molar-refractivity contribution is 0.102. The van der Waals surface area contributed by atoms with Crippen molar-refractivity contribution in [1.29, 1.82) is 0 Å². The van der Waals surface area contributed by atoms with Gasteiger partial charge in [0.15, 0.2) is 0 Å². The molecule has 0 radical (unpaired) electrons. The minimum atomic E-state index is -0.228. The zero-order valence-corrected chi connectivity index (χ0v) is 11.5. The van der Waals surface area contributed by atoms with Crippen LogP contribution < -0.4 is 11.1 Å². The molecule has 2 aromatic rings. The number of nitrogens with zero attached hydrogens (tertiary/aromatic N) is 2. The average Bonchev–Trinajstić information content (AvgIpc) is 2.69. The Morgan fingerprint density at radius 3 is 2.63 bits per heavy atom. The zero-order chi connectivity index (χ0) is 14.0. The van der Waals surface area contributed by atoms with E-state index in [9.17, 15) is 4.79 Å². The first-order valence-corrected chi connectivity index (χ1v) is 6.10. The summed E-state index contributed by atoms with van der Waals surface area (Å²) in [5.74, 6) is -0.228. The molecule has 2 rings (SSSR count). The van der Waals surface area contributed by atoms with Gasteiger partial charge in [-0.15, -0.1) is 0 Å². The number of nitrogens with one attached hydrogen (secondary N) is 1. The van der Waals surface area contributed by atoms with Gasteiger partial charge >= 0.3 is 0 Å². The standard InChI is InChI=1S/C13H14N4OS/c1-8-10(7-17(2)16-8)13(18)15-11-6-4-3-5-9(11)12(14)19/h3-7H,1-2H3,(H2,14,19)(H,15,18). The first-order chi connectivity index (χ1) is 8.99. The number of amides is 1. The highest BCUT2D eigenvalue weighted by molar-refractivity contribution is 7.80. The number of rotatable bonds is 3. The number of carbonyl (C=O) groups is 1. The number of carbonyl (C=O) groups excluding carboxylic acids is 1. The fourth-order valence-corrected chi connectivity index (χ4v) is 2.00. The molecular weight excluding hydrogens is 260 g/mol. The summed E-state index contributed by atoms with van der Waals surface area (Å²) in [6.07, 6.45) is 1.67. The first-order valence-electron chi connectivity index (χ1n) is 5.69. The molecule has 19 heavy (non-hydrogen) atoms. The van der Waals surface area contributed by atoms with Crippen LogP contribution in [0, 0.1) is 6.92 Å². The van der Waals surface area contributed by atoms with E-state index >= 15 is 0 Å². The van der Waals surface area contributed by atoms with Crippen LogP contribution in [0.15, 0.2) is 30.5 Å². The van der Waals surface area contributed by atoms with Crippen molar-refractivity contribution in [2.24, 2.45) is 12.8 Å². The van der Waals surface area contributed by atoms with Gasteiger partial charge in [-0.2, -0.15) is 5.10 Å². The van der Waals surface area contributed by atoms with Crippen molar-refractivity contribution in [1.82, 2.24) is 9.78 Å². The highest BCUT2D eigenvalue weighted by atomic mass is 32.1. The van der Waals surface area contributed by atoms with Crippen LogP contribution in [0.4, 0.5) is 5.69 Å². The lowest BCUT2D eigenvalue weighted by atomic mass is 10.1. The van der Waals surface area contributed by atoms with Gasteiger partial charge in [-0.1, -0.05) is 24.4 Å². The lowest BCUT2D eigenvalue weighted by Gasteiger charge is -2.09. The molecule has 0 fully saturated rings. The molecule has 0 unspecified atom stereocenters. The molecule has 0 saturated heterocycles. The third-order valence-corrected chi connectivity index (χ3v) is 2.92. The van der Waals surface area contributed by atoms with Crippen molar-refractivity contribution in [3.63, 3.8) is 0 Å². The number of aryl methyl sites for hydroxylation is 2. The topological polar surface area (TPSA) is 72.9 Å². The van der Waals surface area contributed by atoms with Gasteiger partial charge in [0.05, 0.1) is 16.9 Å². The Morgan fingerprint density at radius 2 is 2.05 bits per heavy atom. The van der Waals surface area contributed by atoms with Gasteiger partial charge in [-0.25, -0.2) is 0 Å². The third kappa shape index (κ3) is 2.79. The summed E-state index contributed by atoms with van der Waals surface area (Å²) in [5.41, 5.74) is 8.07. The van der Waals surface area contributed by atoms with E-state index in [0.29, 0.717) is 22.5 Å². The Morgan fingerprint density at radius 1 is 1.37 bits per heavy atom. The normalized spacial score (nSPS) is 10.2. The number of benzene rings is 1. The fraction of sp³-hybridized carbons (Fsp3) is 0.154. The monoisotopic (exact) mass is 274 g/mol. The van der Waals surface area contributed by atoms with Crippen molar-refractivity contribution in [2.45, 2.75) is 6.92 Å². The molecule has 0 atom stereocenters. The molecule has 1 aromatic carbocycles. The van der Waals surface area contributed by atoms with Crippen molar-refractivity contribution < 1.29 is 4.79 Å². The van der Waals surface area contributed by atoms with Gasteiger partial charge in [0.25, 0.3) is 5.91 Å². The SMILES string of the molecule is Cc1nn(C)cc1C(=O)Nc1ccccc1C(N)=S. The Hall–Kier alpha value is -2.21. The minimum Gasteiger partial charge on any atom is -0.389 e. The Labute approximate surface area is 116 Å². The number of anilines is 1. The minimum absolute atomic E-state index is 0.228. The molecule has 1 heterocycles. The highest BCUT2D eigenvalue weighted by Crippen LogP contribution is 2.16. The maximum atomic E-state index is 12.2. The number of hydrogen-bond acceptors (Lipinski definition) is 3. The molecule has 5 nitrogen and oxygen atoms in total. The lowest BCUT2D eigenvalue weighted by Crippen LogP contribution is -2.17. The smallest absolute Gasteiger partial charge is 0.259 e. The predicted octanol–water partition coefficient (Wildman–Crippen LogP) is 1.62. The summed E-state index contributed by atoms with van der Waals surface area (Å²) in [6, 6.07) is 7.17. The molecule has 1 aromatic heterocycles. The Kier molecular flexibility index (Phi) is 3.62. The summed E-state index contributed by atoms with van der Waals surface area (Å²) in [7, 11) is 1.77. The molecule has 3 N–H and O–H groups in total. The predicted molar refractivity (Wildman–Crippen MR) is 78.2 cm³/mol. The Balaban J connectivity index is 2.29. The van der Waals surface area contributed by atoms with Crippen LogP contribution in [0.5, 0.6) is 0 Å². The maximum absolute atomic E-state index is 12.2. The number of thiocarbonyl (C=S) groups is 1. The molecule has 0 saturated carbocycles. The number of para-hydroxylation sites is 1. The van der Waals surface area contributed by atoms with E-state index in [4.69, 9.17) is 18.0 Å². The zero-order valence-electron chi connectivity index (χ0n) is 10.7. The molecule has 6 heteroatoms. The van der Waals surface area contributed by atoms with Crippen LogP contribution in [0.3, 0.4) is 0 Å². The maximum Gasteiger partial charge on any atom is 0.259 e. The van der Waals surface area contributed by atoms with Crippen molar-refractivity contribution in [2.75, 3.05) is 5.32 Å². The number of nitrogens with two attached hydrogens (primary N) is 1. The van der Waals surface area contributed by atoms with E-state index in [1.54, 1.807) is 37.0 Å². The van der Waals surface area contributed by atoms with Gasteiger partial charge in [-0.05, 0) is 19.1 Å². The largest absolute Gasteiger partial charge is 0.389 e. The number of hydrogen-bond donors (Lipinski definition) is 2. The van der Waals surface area contributed by atoms with Gasteiger partial charge in [0.2, 0.25) is 0 Å². The molecule has 0 aliphatic heterocycles. The summed E-state index contributed by atoms with van der Waals surface area (Å²) in [5, 5.41) is 6.94. The Bertz CT molecular complexity index is 648. The fourth-order valence-electron chi connectivity index (χ4n) is 1.82. The molecule has 0 aliphatic carbocycles. The molecule has 0 bridgehead atoms. The summed E-state index contributed by atoms with van der Waals surface area (Å²) in [4.78, 5) is 12.4. The van der Waals surface area contributed by atoms with Crippen LogP contribution >= 0.6 is 12.2 Å². The first kappa shape index (κ1) is 13.2. The van der Waals surface area contributed by atoms with E-state index < -0.39 is 0 Å². The van der Waals surface area contributed by atoms with Gasteiger partial charge < -0.3 is 11.1 Å². The second kappa shape index (κ2) is 5.19. The van der Waals surface area contributed by atoms with E-state index in [2.05, 4.69) is 10.4 Å². The van der Waals surface area contributed by atoms with Gasteiger partial charge in [0.1, 0.15) is 4.99 Å². The van der Waals surface area contributed by atoms with E-state index in [0.717, 1.165) is 0 Å². The van der Waals surface area contributed by atoms with E-state index in [1.165, 1.54) is 0 Å². The van der Waals surface area contributed by atoms with Gasteiger partial charge in [-0.3, -0.25) is 9.48 Å². The van der Waals surface area contributed by atoms with Crippen molar-refractivity contribution in [3.8, 4) is 0 Å². The van der Waals surface area contributed by atoms with E-state index in [1.807, 2.05) is 12.1 Å².